The summed E-state index contributed by atoms with van der Waals surface area (Å²) in [5.74, 6) is -0.395. The van der Waals surface area contributed by atoms with Crippen molar-refractivity contribution in [2.75, 3.05) is 13.2 Å². The summed E-state index contributed by atoms with van der Waals surface area (Å²) >= 11 is 0. The van der Waals surface area contributed by atoms with Gasteiger partial charge in [0.05, 0.1) is 18.2 Å². The SMILES string of the molecule is C=C(C)C(=O)OCCN1C(=O)[C@H](Cc2ccccc2)NC1(C)C. The van der Waals surface area contributed by atoms with E-state index in [1.165, 1.54) is 0 Å². The van der Waals surface area contributed by atoms with Gasteiger partial charge in [0.1, 0.15) is 6.61 Å². The summed E-state index contributed by atoms with van der Waals surface area (Å²) in [6.07, 6.45) is 0.644. The molecule has 0 aromatic heterocycles. The summed E-state index contributed by atoms with van der Waals surface area (Å²) in [6, 6.07) is 9.66. The van der Waals surface area contributed by atoms with Crippen LogP contribution in [0, 0.1) is 0 Å². The molecule has 0 aliphatic carbocycles. The molecular formula is C18H24N2O3. The molecule has 1 saturated heterocycles. The van der Waals surface area contributed by atoms with Gasteiger partial charge < -0.3 is 9.64 Å². The van der Waals surface area contributed by atoms with E-state index >= 15 is 0 Å². The fourth-order valence-electron chi connectivity index (χ4n) is 2.76. The smallest absolute Gasteiger partial charge is 0.333 e. The fourth-order valence-corrected chi connectivity index (χ4v) is 2.76. The molecule has 0 spiro atoms. The van der Waals surface area contributed by atoms with E-state index in [0.29, 0.717) is 18.5 Å². The minimum absolute atomic E-state index is 0.0326. The molecule has 5 heteroatoms. The van der Waals surface area contributed by atoms with Crippen LogP contribution >= 0.6 is 0 Å². The van der Waals surface area contributed by atoms with Gasteiger partial charge in [-0.1, -0.05) is 36.9 Å². The van der Waals surface area contributed by atoms with Crippen molar-refractivity contribution in [3.8, 4) is 0 Å². The zero-order valence-electron chi connectivity index (χ0n) is 14.0. The Labute approximate surface area is 137 Å². The monoisotopic (exact) mass is 316 g/mol. The first-order valence-corrected chi connectivity index (χ1v) is 7.77. The Morgan fingerprint density at radius 1 is 1.35 bits per heavy atom. The van der Waals surface area contributed by atoms with Gasteiger partial charge in [-0.25, -0.2) is 4.79 Å². The highest BCUT2D eigenvalue weighted by Gasteiger charge is 2.43. The average Bonchev–Trinajstić information content (AvgIpc) is 2.70. The third-order valence-corrected chi connectivity index (χ3v) is 3.95. The van der Waals surface area contributed by atoms with E-state index in [1.54, 1.807) is 11.8 Å². The third kappa shape index (κ3) is 4.20. The summed E-state index contributed by atoms with van der Waals surface area (Å²) in [5, 5.41) is 3.36. The first-order valence-electron chi connectivity index (χ1n) is 7.77. The molecule has 1 aromatic rings. The molecule has 23 heavy (non-hydrogen) atoms. The minimum atomic E-state index is -0.466. The maximum absolute atomic E-state index is 12.6. The Kier molecular flexibility index (Phi) is 5.21. The van der Waals surface area contributed by atoms with E-state index in [-0.39, 0.29) is 18.6 Å². The Morgan fingerprint density at radius 3 is 2.61 bits per heavy atom. The number of carbonyl (C=O) groups is 2. The Balaban J connectivity index is 1.96. The molecule has 0 radical (unpaired) electrons. The standard InChI is InChI=1S/C18H24N2O3/c1-13(2)17(22)23-11-10-20-16(21)15(19-18(20,3)4)12-14-8-6-5-7-9-14/h5-9,15,19H,1,10-12H2,2-4H3/t15-/m0/s1. The maximum atomic E-state index is 12.6. The third-order valence-electron chi connectivity index (χ3n) is 3.95. The van der Waals surface area contributed by atoms with Crippen LogP contribution in [0.5, 0.6) is 0 Å². The van der Waals surface area contributed by atoms with Crippen molar-refractivity contribution in [1.82, 2.24) is 10.2 Å². The number of esters is 1. The summed E-state index contributed by atoms with van der Waals surface area (Å²) < 4.78 is 5.10. The number of carbonyl (C=O) groups excluding carboxylic acids is 2. The highest BCUT2D eigenvalue weighted by molar-refractivity contribution is 5.87. The van der Waals surface area contributed by atoms with Gasteiger partial charge in [-0.15, -0.1) is 0 Å². The zero-order chi connectivity index (χ0) is 17.0. The first-order chi connectivity index (χ1) is 10.8. The van der Waals surface area contributed by atoms with Crippen molar-refractivity contribution in [2.24, 2.45) is 0 Å². The van der Waals surface area contributed by atoms with Gasteiger partial charge in [0.15, 0.2) is 0 Å². The van der Waals surface area contributed by atoms with Crippen LogP contribution in [-0.2, 0) is 20.7 Å². The van der Waals surface area contributed by atoms with Gasteiger partial charge in [-0.2, -0.15) is 0 Å². The van der Waals surface area contributed by atoms with Gasteiger partial charge in [0, 0.05) is 5.57 Å². The van der Waals surface area contributed by atoms with Crippen LogP contribution in [0.1, 0.15) is 26.3 Å². The van der Waals surface area contributed by atoms with Crippen molar-refractivity contribution in [3.05, 3.63) is 48.0 Å². The minimum Gasteiger partial charge on any atom is -0.460 e. The highest BCUT2D eigenvalue weighted by Crippen LogP contribution is 2.22. The molecule has 0 bridgehead atoms. The predicted molar refractivity (Wildman–Crippen MR) is 88.6 cm³/mol. The van der Waals surface area contributed by atoms with Gasteiger partial charge in [0.25, 0.3) is 0 Å². The van der Waals surface area contributed by atoms with Crippen molar-refractivity contribution in [3.63, 3.8) is 0 Å². The van der Waals surface area contributed by atoms with Crippen LogP contribution < -0.4 is 5.32 Å². The van der Waals surface area contributed by atoms with Crippen molar-refractivity contribution >= 4 is 11.9 Å². The van der Waals surface area contributed by atoms with Crippen LogP contribution in [0.4, 0.5) is 0 Å². The molecular weight excluding hydrogens is 292 g/mol. The molecule has 1 aromatic carbocycles. The second-order valence-electron chi connectivity index (χ2n) is 6.35. The first kappa shape index (κ1) is 17.2. The van der Waals surface area contributed by atoms with E-state index in [2.05, 4.69) is 11.9 Å². The molecule has 1 fully saturated rings. The fraction of sp³-hybridized carbons (Fsp3) is 0.444. The molecule has 1 N–H and O–H groups in total. The average molecular weight is 316 g/mol. The van der Waals surface area contributed by atoms with E-state index < -0.39 is 11.6 Å². The number of benzene rings is 1. The molecule has 124 valence electrons. The number of rotatable bonds is 6. The lowest BCUT2D eigenvalue weighted by Gasteiger charge is -2.31. The molecule has 1 aliphatic heterocycles. The van der Waals surface area contributed by atoms with E-state index in [1.807, 2.05) is 44.2 Å². The topological polar surface area (TPSA) is 58.6 Å². The van der Waals surface area contributed by atoms with E-state index in [4.69, 9.17) is 4.74 Å². The highest BCUT2D eigenvalue weighted by atomic mass is 16.5. The quantitative estimate of drug-likeness (QED) is 0.643. The number of nitrogens with zero attached hydrogens (tertiary/aromatic N) is 1. The summed E-state index contributed by atoms with van der Waals surface area (Å²) in [7, 11) is 0. The lowest BCUT2D eigenvalue weighted by atomic mass is 10.1. The number of hydrogen-bond acceptors (Lipinski definition) is 4. The van der Waals surface area contributed by atoms with Crippen LogP contribution in [0.2, 0.25) is 0 Å². The van der Waals surface area contributed by atoms with Crippen molar-refractivity contribution < 1.29 is 14.3 Å². The van der Waals surface area contributed by atoms with Gasteiger partial charge >= 0.3 is 5.97 Å². The lowest BCUT2D eigenvalue weighted by Crippen LogP contribution is -2.48. The molecule has 2 rings (SSSR count). The van der Waals surface area contributed by atoms with Gasteiger partial charge in [-0.3, -0.25) is 10.1 Å². The second-order valence-corrected chi connectivity index (χ2v) is 6.35. The number of hydrogen-bond donors (Lipinski definition) is 1. The summed E-state index contributed by atoms with van der Waals surface area (Å²) in [5.41, 5.74) is 1.01. The Bertz CT molecular complexity index is 596. The Hall–Kier alpha value is -2.14. The van der Waals surface area contributed by atoms with Crippen LogP contribution in [0.15, 0.2) is 42.5 Å². The van der Waals surface area contributed by atoms with Crippen LogP contribution in [0.25, 0.3) is 0 Å². The molecule has 0 unspecified atom stereocenters. The number of amides is 1. The Morgan fingerprint density at radius 2 is 2.00 bits per heavy atom. The largest absolute Gasteiger partial charge is 0.460 e. The second kappa shape index (κ2) is 6.96. The molecule has 5 nitrogen and oxygen atoms in total. The van der Waals surface area contributed by atoms with Gasteiger partial charge in [0.2, 0.25) is 5.91 Å². The number of ether oxygens (including phenoxy) is 1. The van der Waals surface area contributed by atoms with Crippen molar-refractivity contribution in [2.45, 2.75) is 38.9 Å². The maximum Gasteiger partial charge on any atom is 0.333 e. The normalized spacial score (nSPS) is 19.7. The summed E-state index contributed by atoms with van der Waals surface area (Å²) in [6.45, 7) is 9.58. The molecule has 0 saturated carbocycles. The van der Waals surface area contributed by atoms with Crippen molar-refractivity contribution in [1.29, 1.82) is 0 Å². The zero-order valence-corrected chi connectivity index (χ0v) is 14.0. The van der Waals surface area contributed by atoms with Crippen LogP contribution in [0.3, 0.4) is 0 Å². The summed E-state index contributed by atoms with van der Waals surface area (Å²) in [4.78, 5) is 25.8. The van der Waals surface area contributed by atoms with Gasteiger partial charge in [-0.05, 0) is 32.8 Å². The molecule has 1 atom stereocenters. The molecule has 1 heterocycles. The number of nitrogens with one attached hydrogen (secondary N) is 1. The molecule has 1 amide bonds. The van der Waals surface area contributed by atoms with Crippen LogP contribution in [-0.4, -0.2) is 41.6 Å². The van der Waals surface area contributed by atoms with E-state index in [9.17, 15) is 9.59 Å². The lowest BCUT2D eigenvalue weighted by molar-refractivity contribution is -0.142. The van der Waals surface area contributed by atoms with E-state index in [0.717, 1.165) is 5.56 Å². The molecule has 1 aliphatic rings. The predicted octanol–water partition coefficient (Wildman–Crippen LogP) is 1.88.